The second-order valence-corrected chi connectivity index (χ2v) is 6.54. The molecule has 1 unspecified atom stereocenters. The molecule has 0 saturated carbocycles. The third-order valence-corrected chi connectivity index (χ3v) is 4.15. The zero-order valence-corrected chi connectivity index (χ0v) is 13.8. The van der Waals surface area contributed by atoms with Gasteiger partial charge < -0.3 is 10.1 Å². The van der Waals surface area contributed by atoms with E-state index in [0.717, 1.165) is 44.8 Å². The Morgan fingerprint density at radius 1 is 1.43 bits per heavy atom. The number of hydrogen-bond acceptors (Lipinski definition) is 5. The van der Waals surface area contributed by atoms with E-state index in [1.807, 2.05) is 18.0 Å². The Hall–Kier alpha value is -0.980. The van der Waals surface area contributed by atoms with Gasteiger partial charge in [-0.15, -0.1) is 5.10 Å². The van der Waals surface area contributed by atoms with Crippen molar-refractivity contribution in [1.29, 1.82) is 0 Å². The maximum absolute atomic E-state index is 5.63. The van der Waals surface area contributed by atoms with Gasteiger partial charge in [-0.05, 0) is 26.3 Å². The first-order valence-corrected chi connectivity index (χ1v) is 7.91. The lowest BCUT2D eigenvalue weighted by molar-refractivity contribution is -0.0513. The Morgan fingerprint density at radius 3 is 2.95 bits per heavy atom. The summed E-state index contributed by atoms with van der Waals surface area (Å²) in [4.78, 5) is 2.46. The van der Waals surface area contributed by atoms with Gasteiger partial charge in [-0.1, -0.05) is 19.1 Å². The molecule has 1 atom stereocenters. The van der Waals surface area contributed by atoms with Gasteiger partial charge in [0.1, 0.15) is 0 Å². The molecular formula is C15H29N5O. The molecule has 1 aliphatic rings. The first kappa shape index (κ1) is 16.4. The van der Waals surface area contributed by atoms with E-state index in [0.29, 0.717) is 6.04 Å². The van der Waals surface area contributed by atoms with Crippen molar-refractivity contribution in [3.63, 3.8) is 0 Å². The van der Waals surface area contributed by atoms with E-state index in [4.69, 9.17) is 4.74 Å². The topological polar surface area (TPSA) is 55.2 Å². The average molecular weight is 295 g/mol. The maximum atomic E-state index is 5.63. The molecule has 21 heavy (non-hydrogen) atoms. The Kier molecular flexibility index (Phi) is 5.72. The van der Waals surface area contributed by atoms with Gasteiger partial charge in [-0.2, -0.15) is 0 Å². The number of likely N-dealkylation sites (tertiary alicyclic amines) is 1. The van der Waals surface area contributed by atoms with Crippen molar-refractivity contribution in [2.45, 2.75) is 58.3 Å². The van der Waals surface area contributed by atoms with Crippen molar-refractivity contribution in [3.8, 4) is 0 Å². The molecule has 1 aromatic heterocycles. The zero-order valence-electron chi connectivity index (χ0n) is 13.8. The molecule has 1 aromatic rings. The SMILES string of the molecule is COC1(C)CCCN(CCn2cc(CNC(C)C)nn2)C1. The summed E-state index contributed by atoms with van der Waals surface area (Å²) in [6.07, 6.45) is 4.38. The first-order chi connectivity index (χ1) is 10.0. The summed E-state index contributed by atoms with van der Waals surface area (Å²) < 4.78 is 7.58. The van der Waals surface area contributed by atoms with Gasteiger partial charge in [0.15, 0.2) is 0 Å². The van der Waals surface area contributed by atoms with Crippen LogP contribution in [0.15, 0.2) is 6.20 Å². The summed E-state index contributed by atoms with van der Waals surface area (Å²) in [5.74, 6) is 0. The van der Waals surface area contributed by atoms with Crippen LogP contribution < -0.4 is 5.32 Å². The van der Waals surface area contributed by atoms with Gasteiger partial charge in [0, 0.05) is 39.0 Å². The summed E-state index contributed by atoms with van der Waals surface area (Å²) in [7, 11) is 1.81. The Bertz CT molecular complexity index is 433. The van der Waals surface area contributed by atoms with Crippen molar-refractivity contribution in [2.75, 3.05) is 26.7 Å². The first-order valence-electron chi connectivity index (χ1n) is 7.91. The number of aromatic nitrogens is 3. The molecule has 2 heterocycles. The van der Waals surface area contributed by atoms with Crippen molar-refractivity contribution in [1.82, 2.24) is 25.2 Å². The van der Waals surface area contributed by atoms with E-state index in [2.05, 4.69) is 41.3 Å². The largest absolute Gasteiger partial charge is 0.377 e. The lowest BCUT2D eigenvalue weighted by Gasteiger charge is -2.39. The van der Waals surface area contributed by atoms with Crippen LogP contribution in [0.5, 0.6) is 0 Å². The van der Waals surface area contributed by atoms with Crippen LogP contribution >= 0.6 is 0 Å². The molecule has 1 aliphatic heterocycles. The monoisotopic (exact) mass is 295 g/mol. The molecule has 0 aliphatic carbocycles. The highest BCUT2D eigenvalue weighted by molar-refractivity contribution is 4.92. The van der Waals surface area contributed by atoms with E-state index in [9.17, 15) is 0 Å². The Morgan fingerprint density at radius 2 is 2.24 bits per heavy atom. The van der Waals surface area contributed by atoms with Crippen LogP contribution in [0, 0.1) is 0 Å². The number of nitrogens with zero attached hydrogens (tertiary/aromatic N) is 4. The summed E-state index contributed by atoms with van der Waals surface area (Å²) in [5.41, 5.74) is 1.01. The highest BCUT2D eigenvalue weighted by Crippen LogP contribution is 2.23. The standard InChI is InChI=1S/C15H29N5O/c1-13(2)16-10-14-11-20(18-17-14)9-8-19-7-5-6-15(3,12-19)21-4/h11,13,16H,5-10,12H2,1-4H3. The van der Waals surface area contributed by atoms with E-state index in [-0.39, 0.29) is 5.60 Å². The fourth-order valence-electron chi connectivity index (χ4n) is 2.75. The minimum atomic E-state index is 0.00691. The maximum Gasteiger partial charge on any atom is 0.0964 e. The number of ether oxygens (including phenoxy) is 1. The van der Waals surface area contributed by atoms with Crippen LogP contribution in [-0.2, 0) is 17.8 Å². The van der Waals surface area contributed by atoms with E-state index in [1.54, 1.807) is 0 Å². The molecular weight excluding hydrogens is 266 g/mol. The van der Waals surface area contributed by atoms with Crippen LogP contribution in [0.25, 0.3) is 0 Å². The molecule has 1 fully saturated rings. The third kappa shape index (κ3) is 5.05. The lowest BCUT2D eigenvalue weighted by atomic mass is 9.95. The summed E-state index contributed by atoms with van der Waals surface area (Å²) in [5, 5.41) is 11.8. The Balaban J connectivity index is 1.77. The normalized spacial score (nSPS) is 23.9. The summed E-state index contributed by atoms with van der Waals surface area (Å²) >= 11 is 0. The summed E-state index contributed by atoms with van der Waals surface area (Å²) in [6.45, 7) is 11.3. The van der Waals surface area contributed by atoms with Crippen molar-refractivity contribution >= 4 is 0 Å². The molecule has 0 radical (unpaired) electrons. The fraction of sp³-hybridized carbons (Fsp3) is 0.867. The minimum Gasteiger partial charge on any atom is -0.377 e. The molecule has 6 nitrogen and oxygen atoms in total. The van der Waals surface area contributed by atoms with Crippen molar-refractivity contribution in [2.24, 2.45) is 0 Å². The van der Waals surface area contributed by atoms with Crippen molar-refractivity contribution in [3.05, 3.63) is 11.9 Å². The van der Waals surface area contributed by atoms with Gasteiger partial charge in [-0.3, -0.25) is 9.58 Å². The number of hydrogen-bond donors (Lipinski definition) is 1. The number of rotatable bonds is 7. The highest BCUT2D eigenvalue weighted by atomic mass is 16.5. The molecule has 1 N–H and O–H groups in total. The molecule has 2 rings (SSSR count). The van der Waals surface area contributed by atoms with Crippen LogP contribution in [0.1, 0.15) is 39.3 Å². The molecule has 0 aromatic carbocycles. The third-order valence-electron chi connectivity index (χ3n) is 4.15. The van der Waals surface area contributed by atoms with E-state index < -0.39 is 0 Å². The highest BCUT2D eigenvalue weighted by Gasteiger charge is 2.30. The van der Waals surface area contributed by atoms with Gasteiger partial charge in [-0.25, -0.2) is 0 Å². The Labute approximate surface area is 127 Å². The van der Waals surface area contributed by atoms with Gasteiger partial charge in [0.05, 0.1) is 17.8 Å². The molecule has 0 amide bonds. The van der Waals surface area contributed by atoms with Crippen LogP contribution in [0.2, 0.25) is 0 Å². The average Bonchev–Trinajstić information content (AvgIpc) is 2.91. The molecule has 120 valence electrons. The van der Waals surface area contributed by atoms with Crippen LogP contribution in [0.3, 0.4) is 0 Å². The predicted octanol–water partition coefficient (Wildman–Crippen LogP) is 1.28. The lowest BCUT2D eigenvalue weighted by Crippen LogP contribution is -2.48. The van der Waals surface area contributed by atoms with Crippen LogP contribution in [-0.4, -0.2) is 58.3 Å². The molecule has 0 bridgehead atoms. The second-order valence-electron chi connectivity index (χ2n) is 6.54. The quantitative estimate of drug-likeness (QED) is 0.821. The number of methoxy groups -OCH3 is 1. The minimum absolute atomic E-state index is 0.00691. The second kappa shape index (κ2) is 7.33. The van der Waals surface area contributed by atoms with Crippen LogP contribution in [0.4, 0.5) is 0 Å². The zero-order chi connectivity index (χ0) is 15.3. The van der Waals surface area contributed by atoms with Gasteiger partial charge in [0.25, 0.3) is 0 Å². The van der Waals surface area contributed by atoms with Gasteiger partial charge >= 0.3 is 0 Å². The van der Waals surface area contributed by atoms with E-state index in [1.165, 1.54) is 6.42 Å². The van der Waals surface area contributed by atoms with E-state index >= 15 is 0 Å². The molecule has 1 saturated heterocycles. The predicted molar refractivity (Wildman–Crippen MR) is 83.1 cm³/mol. The fourth-order valence-corrected chi connectivity index (χ4v) is 2.75. The summed E-state index contributed by atoms with van der Waals surface area (Å²) in [6, 6.07) is 0.468. The smallest absolute Gasteiger partial charge is 0.0964 e. The molecule has 0 spiro atoms. The molecule has 6 heteroatoms. The van der Waals surface area contributed by atoms with Crippen molar-refractivity contribution < 1.29 is 4.74 Å². The van der Waals surface area contributed by atoms with Gasteiger partial charge in [0.2, 0.25) is 0 Å². The number of piperidine rings is 1. The number of nitrogens with one attached hydrogen (secondary N) is 1.